The minimum Gasteiger partial charge on any atom is -0.378 e. The van der Waals surface area contributed by atoms with Crippen molar-refractivity contribution in [2.75, 3.05) is 5.32 Å². The van der Waals surface area contributed by atoms with Gasteiger partial charge in [0.2, 0.25) is 0 Å². The second-order valence-corrected chi connectivity index (χ2v) is 4.22. The molecule has 0 fully saturated rings. The van der Waals surface area contributed by atoms with Gasteiger partial charge >= 0.3 is 0 Å². The highest BCUT2D eigenvalue weighted by atomic mass is 35.5. The van der Waals surface area contributed by atoms with Crippen LogP contribution < -0.4 is 5.32 Å². The third-order valence-electron chi connectivity index (χ3n) is 3.08. The van der Waals surface area contributed by atoms with Crippen molar-refractivity contribution in [3.8, 4) is 0 Å². The van der Waals surface area contributed by atoms with Crippen LogP contribution in [0.15, 0.2) is 12.4 Å². The van der Waals surface area contributed by atoms with E-state index in [-0.39, 0.29) is 12.4 Å². The number of aromatic nitrogens is 4. The van der Waals surface area contributed by atoms with Gasteiger partial charge in [-0.15, -0.1) is 12.4 Å². The number of hydrogen-bond acceptors (Lipinski definition) is 3. The maximum Gasteiger partial charge on any atom is 0.0758 e. The molecular weight excluding hydrogens is 250 g/mol. The quantitative estimate of drug-likeness (QED) is 0.926. The number of nitrogens with zero attached hydrogens (tertiary/aromatic N) is 4. The van der Waals surface area contributed by atoms with E-state index in [0.717, 1.165) is 30.2 Å². The Morgan fingerprint density at radius 3 is 2.56 bits per heavy atom. The monoisotopic (exact) mass is 269 g/mol. The van der Waals surface area contributed by atoms with Gasteiger partial charge in [0.15, 0.2) is 0 Å². The molecule has 2 aromatic rings. The van der Waals surface area contributed by atoms with Crippen LogP contribution in [0.1, 0.15) is 23.9 Å². The van der Waals surface area contributed by atoms with Crippen LogP contribution in [0.5, 0.6) is 0 Å². The molecule has 0 aliphatic rings. The highest BCUT2D eigenvalue weighted by Crippen LogP contribution is 2.14. The Morgan fingerprint density at radius 1 is 1.33 bits per heavy atom. The summed E-state index contributed by atoms with van der Waals surface area (Å²) in [5.41, 5.74) is 4.54. The summed E-state index contributed by atoms with van der Waals surface area (Å²) in [6.07, 6.45) is 3.95. The van der Waals surface area contributed by atoms with E-state index in [1.807, 2.05) is 29.5 Å². The first kappa shape index (κ1) is 14.6. The smallest absolute Gasteiger partial charge is 0.0758 e. The molecule has 2 rings (SSSR count). The summed E-state index contributed by atoms with van der Waals surface area (Å²) in [6.45, 7) is 7.89. The molecule has 2 heterocycles. The Labute approximate surface area is 114 Å². The largest absolute Gasteiger partial charge is 0.378 e. The van der Waals surface area contributed by atoms with Crippen LogP contribution in [0, 0.1) is 13.8 Å². The summed E-state index contributed by atoms with van der Waals surface area (Å²) in [6, 6.07) is 0. The van der Waals surface area contributed by atoms with Crippen molar-refractivity contribution in [3.63, 3.8) is 0 Å². The van der Waals surface area contributed by atoms with Gasteiger partial charge in [0.05, 0.1) is 23.3 Å². The molecule has 0 saturated heterocycles. The van der Waals surface area contributed by atoms with E-state index in [2.05, 4.69) is 35.6 Å². The van der Waals surface area contributed by atoms with Crippen LogP contribution in [0.2, 0.25) is 0 Å². The lowest BCUT2D eigenvalue weighted by Crippen LogP contribution is -2.01. The van der Waals surface area contributed by atoms with Crippen LogP contribution in [0.4, 0.5) is 5.69 Å². The average Bonchev–Trinajstić information content (AvgIpc) is 2.82. The SMILES string of the molecule is CCn1cc(CNc2cnn(C)c2C)c(C)n1.Cl. The topological polar surface area (TPSA) is 47.7 Å². The zero-order valence-corrected chi connectivity index (χ0v) is 12.1. The molecule has 0 aliphatic heterocycles. The molecule has 0 spiro atoms. The first-order chi connectivity index (χ1) is 8.11. The second kappa shape index (κ2) is 5.91. The molecule has 0 amide bonds. The number of halogens is 1. The van der Waals surface area contributed by atoms with Gasteiger partial charge in [-0.25, -0.2) is 0 Å². The van der Waals surface area contributed by atoms with Gasteiger partial charge in [-0.3, -0.25) is 9.36 Å². The van der Waals surface area contributed by atoms with Gasteiger partial charge in [-0.1, -0.05) is 0 Å². The molecule has 0 aliphatic carbocycles. The van der Waals surface area contributed by atoms with Crippen molar-refractivity contribution in [2.45, 2.75) is 33.9 Å². The van der Waals surface area contributed by atoms with Crippen LogP contribution in [0.3, 0.4) is 0 Å². The molecular formula is C12H20ClN5. The maximum absolute atomic E-state index is 4.42. The number of nitrogens with one attached hydrogen (secondary N) is 1. The lowest BCUT2D eigenvalue weighted by atomic mass is 10.2. The highest BCUT2D eigenvalue weighted by molar-refractivity contribution is 5.85. The minimum atomic E-state index is 0. The molecule has 0 saturated carbocycles. The lowest BCUT2D eigenvalue weighted by molar-refractivity contribution is 0.653. The summed E-state index contributed by atoms with van der Waals surface area (Å²) in [7, 11) is 1.95. The van der Waals surface area contributed by atoms with E-state index in [4.69, 9.17) is 0 Å². The average molecular weight is 270 g/mol. The first-order valence-electron chi connectivity index (χ1n) is 5.87. The van der Waals surface area contributed by atoms with E-state index in [1.54, 1.807) is 0 Å². The Morgan fingerprint density at radius 2 is 2.06 bits per heavy atom. The van der Waals surface area contributed by atoms with Gasteiger partial charge in [0, 0.05) is 31.9 Å². The zero-order chi connectivity index (χ0) is 12.4. The highest BCUT2D eigenvalue weighted by Gasteiger charge is 2.06. The van der Waals surface area contributed by atoms with Crippen LogP contribution in [-0.4, -0.2) is 19.6 Å². The van der Waals surface area contributed by atoms with E-state index < -0.39 is 0 Å². The first-order valence-corrected chi connectivity index (χ1v) is 5.87. The van der Waals surface area contributed by atoms with Gasteiger partial charge in [-0.2, -0.15) is 10.2 Å². The van der Waals surface area contributed by atoms with E-state index in [9.17, 15) is 0 Å². The molecule has 6 heteroatoms. The fourth-order valence-electron chi connectivity index (χ4n) is 1.76. The Kier molecular flexibility index (Phi) is 4.78. The van der Waals surface area contributed by atoms with Crippen molar-refractivity contribution in [2.24, 2.45) is 7.05 Å². The number of anilines is 1. The van der Waals surface area contributed by atoms with Crippen molar-refractivity contribution >= 4 is 18.1 Å². The molecule has 0 unspecified atom stereocenters. The van der Waals surface area contributed by atoms with Gasteiger partial charge in [0.1, 0.15) is 0 Å². The van der Waals surface area contributed by atoms with Crippen LogP contribution >= 0.6 is 12.4 Å². The Balaban J connectivity index is 0.00000162. The Hall–Kier alpha value is -1.49. The summed E-state index contributed by atoms with van der Waals surface area (Å²) < 4.78 is 3.83. The van der Waals surface area contributed by atoms with Gasteiger partial charge in [0.25, 0.3) is 0 Å². The van der Waals surface area contributed by atoms with Gasteiger partial charge in [-0.05, 0) is 20.8 Å². The predicted molar refractivity (Wildman–Crippen MR) is 75.2 cm³/mol. The van der Waals surface area contributed by atoms with Crippen LogP contribution in [0.25, 0.3) is 0 Å². The fraction of sp³-hybridized carbons (Fsp3) is 0.500. The van der Waals surface area contributed by atoms with Gasteiger partial charge < -0.3 is 5.32 Å². The number of aryl methyl sites for hydroxylation is 3. The number of rotatable bonds is 4. The summed E-state index contributed by atoms with van der Waals surface area (Å²) in [5.74, 6) is 0. The molecule has 0 radical (unpaired) electrons. The third-order valence-corrected chi connectivity index (χ3v) is 3.08. The van der Waals surface area contributed by atoms with E-state index in [1.165, 1.54) is 5.56 Å². The van der Waals surface area contributed by atoms with Crippen molar-refractivity contribution in [1.82, 2.24) is 19.6 Å². The summed E-state index contributed by atoms with van der Waals surface area (Å²) in [4.78, 5) is 0. The minimum absolute atomic E-state index is 0. The lowest BCUT2D eigenvalue weighted by Gasteiger charge is -2.04. The summed E-state index contributed by atoms with van der Waals surface area (Å²) in [5, 5.41) is 12.0. The van der Waals surface area contributed by atoms with Crippen molar-refractivity contribution < 1.29 is 0 Å². The molecule has 5 nitrogen and oxygen atoms in total. The third kappa shape index (κ3) is 2.85. The predicted octanol–water partition coefficient (Wildman–Crippen LogP) is 2.29. The zero-order valence-electron chi connectivity index (χ0n) is 11.3. The second-order valence-electron chi connectivity index (χ2n) is 4.22. The molecule has 1 N–H and O–H groups in total. The normalized spacial score (nSPS) is 10.2. The van der Waals surface area contributed by atoms with Crippen molar-refractivity contribution in [1.29, 1.82) is 0 Å². The van der Waals surface area contributed by atoms with E-state index >= 15 is 0 Å². The molecule has 2 aromatic heterocycles. The van der Waals surface area contributed by atoms with E-state index in [0.29, 0.717) is 0 Å². The number of hydrogen-bond donors (Lipinski definition) is 1. The molecule has 0 bridgehead atoms. The fourth-order valence-corrected chi connectivity index (χ4v) is 1.76. The van der Waals surface area contributed by atoms with Crippen molar-refractivity contribution in [3.05, 3.63) is 29.3 Å². The molecule has 18 heavy (non-hydrogen) atoms. The molecule has 0 aromatic carbocycles. The molecule has 100 valence electrons. The Bertz CT molecular complexity index is 515. The molecule has 0 atom stereocenters. The maximum atomic E-state index is 4.42. The standard InChI is InChI=1S/C12H19N5.ClH/c1-5-17-8-11(9(2)15-17)6-13-12-7-14-16(4)10(12)3;/h7-8,13H,5-6H2,1-4H3;1H. The van der Waals surface area contributed by atoms with Crippen LogP contribution in [-0.2, 0) is 20.1 Å². The summed E-state index contributed by atoms with van der Waals surface area (Å²) >= 11 is 0.